The maximum atomic E-state index is 14.1. The number of nitrogens with one attached hydrogen (secondary N) is 2. The Balaban J connectivity index is 1.47. The van der Waals surface area contributed by atoms with Gasteiger partial charge in [-0.1, -0.05) is 0 Å². The molecule has 0 bridgehead atoms. The molecule has 0 aliphatic heterocycles. The van der Waals surface area contributed by atoms with Crippen molar-refractivity contribution in [2.24, 2.45) is 0 Å². The van der Waals surface area contributed by atoms with Crippen LogP contribution in [0.1, 0.15) is 10.4 Å². The smallest absolute Gasteiger partial charge is 0.263 e. The number of methoxy groups -OCH3 is 2. The Morgan fingerprint density at radius 1 is 0.943 bits per heavy atom. The van der Waals surface area contributed by atoms with Crippen LogP contribution in [0.5, 0.6) is 11.5 Å². The van der Waals surface area contributed by atoms with Crippen LogP contribution >= 0.6 is 12.2 Å². The van der Waals surface area contributed by atoms with E-state index in [0.29, 0.717) is 34.0 Å². The number of benzene rings is 3. The van der Waals surface area contributed by atoms with Crippen molar-refractivity contribution in [3.63, 3.8) is 0 Å². The third kappa shape index (κ3) is 4.60. The number of anilines is 1. The Bertz CT molecular complexity index is 1430. The zero-order valence-electron chi connectivity index (χ0n) is 18.0. The van der Waals surface area contributed by atoms with Gasteiger partial charge in [0, 0.05) is 17.3 Å². The third-order valence-corrected chi connectivity index (χ3v) is 5.07. The molecule has 0 spiro atoms. The molecule has 0 saturated carbocycles. The van der Waals surface area contributed by atoms with E-state index in [4.69, 9.17) is 21.4 Å². The Morgan fingerprint density at radius 2 is 1.60 bits per heavy atom. The largest absolute Gasteiger partial charge is 0.497 e. The van der Waals surface area contributed by atoms with E-state index in [2.05, 4.69) is 15.0 Å². The first-order valence-electron chi connectivity index (χ1n) is 9.80. The first-order chi connectivity index (χ1) is 16.7. The molecule has 0 unspecified atom stereocenters. The van der Waals surface area contributed by atoms with E-state index in [1.54, 1.807) is 49.6 Å². The van der Waals surface area contributed by atoms with Gasteiger partial charge in [-0.05, 0) is 48.6 Å². The number of ether oxygens (including phenoxy) is 2. The number of carbonyl (C=O) groups excluding carboxylic acids is 1. The molecule has 1 heterocycles. The fourth-order valence-electron chi connectivity index (χ4n) is 3.17. The summed E-state index contributed by atoms with van der Waals surface area (Å²) in [5.41, 5.74) is 0.723. The summed E-state index contributed by atoms with van der Waals surface area (Å²) in [5.74, 6) is -9.31. The van der Waals surface area contributed by atoms with Gasteiger partial charge in [0.1, 0.15) is 16.8 Å². The van der Waals surface area contributed by atoms with E-state index in [9.17, 15) is 22.4 Å². The molecular formula is C23H15F4N3O4S. The van der Waals surface area contributed by atoms with Crippen LogP contribution in [0.4, 0.5) is 23.2 Å². The van der Waals surface area contributed by atoms with Crippen molar-refractivity contribution in [2.75, 3.05) is 19.5 Å². The first-order valence-corrected chi connectivity index (χ1v) is 10.2. The van der Waals surface area contributed by atoms with Gasteiger partial charge < -0.3 is 19.2 Å². The number of halogens is 4. The molecule has 35 heavy (non-hydrogen) atoms. The number of fused-ring (bicyclic) bond motifs is 1. The maximum Gasteiger partial charge on any atom is 0.263 e. The van der Waals surface area contributed by atoms with E-state index in [1.165, 1.54) is 0 Å². The summed E-state index contributed by atoms with van der Waals surface area (Å²) < 4.78 is 71.2. The Labute approximate surface area is 200 Å². The molecule has 0 saturated heterocycles. The number of amides is 1. The van der Waals surface area contributed by atoms with E-state index in [-0.39, 0.29) is 5.11 Å². The lowest BCUT2D eigenvalue weighted by molar-refractivity contribution is 0.0966. The predicted molar refractivity (Wildman–Crippen MR) is 123 cm³/mol. The summed E-state index contributed by atoms with van der Waals surface area (Å²) in [6.07, 6.45) is 0. The van der Waals surface area contributed by atoms with E-state index >= 15 is 0 Å². The summed E-state index contributed by atoms with van der Waals surface area (Å²) >= 11 is 4.96. The third-order valence-electron chi connectivity index (χ3n) is 4.87. The lowest BCUT2D eigenvalue weighted by Crippen LogP contribution is -2.35. The van der Waals surface area contributed by atoms with E-state index in [1.807, 2.05) is 5.32 Å². The van der Waals surface area contributed by atoms with E-state index < -0.39 is 40.5 Å². The van der Waals surface area contributed by atoms with Crippen LogP contribution in [0.25, 0.3) is 22.6 Å². The van der Waals surface area contributed by atoms with Crippen LogP contribution < -0.4 is 20.1 Å². The van der Waals surface area contributed by atoms with Gasteiger partial charge in [0.15, 0.2) is 28.1 Å². The average molecular weight is 505 g/mol. The van der Waals surface area contributed by atoms with Crippen molar-refractivity contribution in [3.8, 4) is 23.0 Å². The molecule has 12 heteroatoms. The highest BCUT2D eigenvalue weighted by Crippen LogP contribution is 2.30. The molecule has 0 aliphatic rings. The highest BCUT2D eigenvalue weighted by molar-refractivity contribution is 7.80. The van der Waals surface area contributed by atoms with Gasteiger partial charge in [-0.2, -0.15) is 8.78 Å². The molecule has 180 valence electrons. The normalized spacial score (nSPS) is 10.8. The second-order valence-corrected chi connectivity index (χ2v) is 7.41. The second kappa shape index (κ2) is 9.58. The molecule has 1 amide bonds. The van der Waals surface area contributed by atoms with Crippen molar-refractivity contribution in [2.45, 2.75) is 0 Å². The Morgan fingerprint density at radius 3 is 2.20 bits per heavy atom. The predicted octanol–water partition coefficient (Wildman–Crippen LogP) is 5.20. The van der Waals surface area contributed by atoms with Crippen LogP contribution in [0, 0.1) is 23.3 Å². The van der Waals surface area contributed by atoms with Gasteiger partial charge in [-0.25, -0.2) is 13.8 Å². The number of oxazole rings is 1. The number of rotatable bonds is 5. The van der Waals surface area contributed by atoms with Gasteiger partial charge in [0.05, 0.1) is 14.2 Å². The van der Waals surface area contributed by atoms with Gasteiger partial charge >= 0.3 is 0 Å². The fourth-order valence-corrected chi connectivity index (χ4v) is 3.38. The molecular weight excluding hydrogens is 490 g/mol. The van der Waals surface area contributed by atoms with Crippen molar-refractivity contribution in [3.05, 3.63) is 71.3 Å². The molecule has 4 rings (SSSR count). The van der Waals surface area contributed by atoms with Gasteiger partial charge in [-0.3, -0.25) is 10.1 Å². The molecule has 0 fully saturated rings. The summed E-state index contributed by atoms with van der Waals surface area (Å²) in [5, 5.41) is 4.24. The number of thiocarbonyl (C=S) groups is 1. The zero-order valence-corrected chi connectivity index (χ0v) is 18.9. The minimum Gasteiger partial charge on any atom is -0.497 e. The molecule has 3 aromatic carbocycles. The van der Waals surface area contributed by atoms with Gasteiger partial charge in [-0.15, -0.1) is 0 Å². The SMILES string of the molecule is COc1ccc2oc(-c3ccc(NC(=S)NC(=O)c4c(F)c(F)c(OC)c(F)c4F)cc3)nc2c1. The number of nitrogens with zero attached hydrogens (tertiary/aromatic N) is 1. The second-order valence-electron chi connectivity index (χ2n) is 7.00. The van der Waals surface area contributed by atoms with Gasteiger partial charge in [0.25, 0.3) is 5.91 Å². The summed E-state index contributed by atoms with van der Waals surface area (Å²) in [4.78, 5) is 16.6. The highest BCUT2D eigenvalue weighted by atomic mass is 32.1. The number of aromatic nitrogens is 1. The van der Waals surface area contributed by atoms with Crippen LogP contribution in [0.2, 0.25) is 0 Å². The van der Waals surface area contributed by atoms with Crippen molar-refractivity contribution >= 4 is 40.0 Å². The van der Waals surface area contributed by atoms with Crippen LogP contribution in [0.3, 0.4) is 0 Å². The highest BCUT2D eigenvalue weighted by Gasteiger charge is 2.30. The first kappa shape index (κ1) is 24.0. The molecule has 0 aliphatic carbocycles. The standard InChI is InChI=1S/C23H15F4N3O4S/c1-32-12-7-8-14-13(9-12)29-22(34-14)10-3-5-11(6-4-10)28-23(35)30-21(31)15-16(24)18(26)20(33-2)19(27)17(15)25/h3-9H,1-2H3,(H2,28,30,31,35). The summed E-state index contributed by atoms with van der Waals surface area (Å²) in [7, 11) is 2.37. The molecule has 0 radical (unpaired) electrons. The zero-order chi connectivity index (χ0) is 25.3. The molecule has 2 N–H and O–H groups in total. The van der Waals surface area contributed by atoms with Gasteiger partial charge in [0.2, 0.25) is 17.5 Å². The minimum atomic E-state index is -1.92. The number of hydrogen-bond acceptors (Lipinski definition) is 6. The average Bonchev–Trinajstić information content (AvgIpc) is 3.27. The lowest BCUT2D eigenvalue weighted by Gasteiger charge is -2.13. The monoisotopic (exact) mass is 505 g/mol. The van der Waals surface area contributed by atoms with Crippen LogP contribution in [-0.4, -0.2) is 30.2 Å². The molecule has 7 nitrogen and oxygen atoms in total. The van der Waals surface area contributed by atoms with Crippen LogP contribution in [-0.2, 0) is 0 Å². The fraction of sp³-hybridized carbons (Fsp3) is 0.0870. The minimum absolute atomic E-state index is 0.352. The number of carbonyl (C=O) groups is 1. The topological polar surface area (TPSA) is 85.6 Å². The maximum absolute atomic E-state index is 14.1. The summed E-state index contributed by atoms with van der Waals surface area (Å²) in [6, 6.07) is 11.7. The number of hydrogen-bond donors (Lipinski definition) is 2. The molecule has 1 aromatic heterocycles. The Kier molecular flexibility index (Phi) is 6.56. The quantitative estimate of drug-likeness (QED) is 0.219. The Hall–Kier alpha value is -4.19. The van der Waals surface area contributed by atoms with E-state index in [0.717, 1.165) is 7.11 Å². The van der Waals surface area contributed by atoms with Crippen molar-refractivity contribution < 1.29 is 36.2 Å². The molecule has 0 atom stereocenters. The van der Waals surface area contributed by atoms with Crippen LogP contribution in [0.15, 0.2) is 46.9 Å². The lowest BCUT2D eigenvalue weighted by atomic mass is 10.1. The van der Waals surface area contributed by atoms with Crippen molar-refractivity contribution in [1.29, 1.82) is 0 Å². The summed E-state index contributed by atoms with van der Waals surface area (Å²) in [6.45, 7) is 0. The van der Waals surface area contributed by atoms with Crippen molar-refractivity contribution in [1.82, 2.24) is 10.3 Å². The molecule has 4 aromatic rings.